The molecule has 0 aliphatic carbocycles. The van der Waals surface area contributed by atoms with Crippen LogP contribution in [-0.2, 0) is 0 Å². The van der Waals surface area contributed by atoms with Crippen molar-refractivity contribution in [2.24, 2.45) is 10.2 Å². The summed E-state index contributed by atoms with van der Waals surface area (Å²) in [7, 11) is 0. The van der Waals surface area contributed by atoms with E-state index in [-0.39, 0.29) is 18.3 Å². The Labute approximate surface area is 165 Å². The average molecular weight is 384 g/mol. The summed E-state index contributed by atoms with van der Waals surface area (Å²) in [5.74, 6) is 0. The number of hydrogen-bond donors (Lipinski definition) is 1. The Morgan fingerprint density at radius 2 is 1.57 bits per heavy atom. The maximum absolute atomic E-state index is 10.7. The number of benzene rings is 2. The lowest BCUT2D eigenvalue weighted by atomic mass is 10.1. The van der Waals surface area contributed by atoms with E-state index < -0.39 is 4.92 Å². The Morgan fingerprint density at radius 3 is 2.07 bits per heavy atom. The molecule has 0 amide bonds. The predicted octanol–water partition coefficient (Wildman–Crippen LogP) is 5.78. The molecular formula is C21H28N4O3. The van der Waals surface area contributed by atoms with Gasteiger partial charge in [0.2, 0.25) is 0 Å². The SMILES string of the molecule is CCCCCCN(c1ccc(/N=N/c2ccc([N+](=O)[O-])cc2)cc1)C(C)CO. The van der Waals surface area contributed by atoms with Crippen LogP contribution in [0.2, 0.25) is 0 Å². The Balaban J connectivity index is 2.03. The molecule has 0 fully saturated rings. The van der Waals surface area contributed by atoms with Gasteiger partial charge in [0, 0.05) is 30.4 Å². The van der Waals surface area contributed by atoms with Crippen molar-refractivity contribution in [1.29, 1.82) is 0 Å². The molecular weight excluding hydrogens is 356 g/mol. The predicted molar refractivity (Wildman–Crippen MR) is 112 cm³/mol. The maximum atomic E-state index is 10.7. The molecule has 1 unspecified atom stereocenters. The van der Waals surface area contributed by atoms with Crippen molar-refractivity contribution in [3.63, 3.8) is 0 Å². The zero-order valence-corrected chi connectivity index (χ0v) is 16.5. The second-order valence-corrected chi connectivity index (χ2v) is 6.78. The van der Waals surface area contributed by atoms with Gasteiger partial charge in [0.15, 0.2) is 0 Å². The molecule has 0 radical (unpaired) electrons. The van der Waals surface area contributed by atoms with Crippen molar-refractivity contribution in [2.45, 2.75) is 45.6 Å². The monoisotopic (exact) mass is 384 g/mol. The third-order valence-electron chi connectivity index (χ3n) is 4.57. The summed E-state index contributed by atoms with van der Waals surface area (Å²) >= 11 is 0. The standard InChI is InChI=1S/C21H28N4O3/c1-3-4-5-6-15-24(17(2)16-26)20-11-7-18(8-12-20)22-23-19-9-13-21(14-10-19)25(27)28/h7-14,17,26H,3-6,15-16H2,1-2H3/b23-22+. The molecule has 0 saturated carbocycles. The molecule has 2 aromatic carbocycles. The molecule has 7 heteroatoms. The van der Waals surface area contributed by atoms with Gasteiger partial charge in [-0.1, -0.05) is 26.2 Å². The van der Waals surface area contributed by atoms with Crippen LogP contribution in [0.5, 0.6) is 0 Å². The first-order chi connectivity index (χ1) is 13.5. The highest BCUT2D eigenvalue weighted by Gasteiger charge is 2.13. The number of rotatable bonds is 11. The van der Waals surface area contributed by atoms with Crippen LogP contribution in [0, 0.1) is 10.1 Å². The van der Waals surface area contributed by atoms with E-state index in [1.807, 2.05) is 31.2 Å². The van der Waals surface area contributed by atoms with Gasteiger partial charge in [0.25, 0.3) is 5.69 Å². The van der Waals surface area contributed by atoms with Crippen molar-refractivity contribution < 1.29 is 10.0 Å². The van der Waals surface area contributed by atoms with Gasteiger partial charge in [-0.15, -0.1) is 0 Å². The van der Waals surface area contributed by atoms with Crippen LogP contribution in [0.1, 0.15) is 39.5 Å². The number of unbranched alkanes of at least 4 members (excludes halogenated alkanes) is 3. The van der Waals surface area contributed by atoms with Crippen LogP contribution in [-0.4, -0.2) is 29.2 Å². The molecule has 0 bridgehead atoms. The maximum Gasteiger partial charge on any atom is 0.269 e. The lowest BCUT2D eigenvalue weighted by molar-refractivity contribution is -0.384. The Bertz CT molecular complexity index is 760. The summed E-state index contributed by atoms with van der Waals surface area (Å²) in [5.41, 5.74) is 2.33. The van der Waals surface area contributed by atoms with E-state index in [4.69, 9.17) is 0 Å². The minimum Gasteiger partial charge on any atom is -0.394 e. The molecule has 0 aliphatic heterocycles. The minimum atomic E-state index is -0.443. The first-order valence-electron chi connectivity index (χ1n) is 9.69. The van der Waals surface area contributed by atoms with Crippen molar-refractivity contribution in [1.82, 2.24) is 0 Å². The van der Waals surface area contributed by atoms with Crippen LogP contribution >= 0.6 is 0 Å². The highest BCUT2D eigenvalue weighted by molar-refractivity contribution is 5.53. The van der Waals surface area contributed by atoms with Crippen molar-refractivity contribution in [3.05, 3.63) is 58.6 Å². The van der Waals surface area contributed by atoms with Gasteiger partial charge in [-0.3, -0.25) is 10.1 Å². The normalized spacial score (nSPS) is 12.2. The Kier molecular flexibility index (Phi) is 8.55. The van der Waals surface area contributed by atoms with Gasteiger partial charge in [-0.2, -0.15) is 10.2 Å². The van der Waals surface area contributed by atoms with Crippen LogP contribution in [0.25, 0.3) is 0 Å². The van der Waals surface area contributed by atoms with Crippen molar-refractivity contribution >= 4 is 22.7 Å². The molecule has 1 atom stereocenters. The first-order valence-corrected chi connectivity index (χ1v) is 9.69. The summed E-state index contributed by atoms with van der Waals surface area (Å²) in [6, 6.07) is 13.7. The highest BCUT2D eigenvalue weighted by atomic mass is 16.6. The number of aliphatic hydroxyl groups excluding tert-OH is 1. The van der Waals surface area contributed by atoms with Crippen LogP contribution in [0.3, 0.4) is 0 Å². The topological polar surface area (TPSA) is 91.3 Å². The van der Waals surface area contributed by atoms with Gasteiger partial charge in [-0.05, 0) is 49.7 Å². The molecule has 1 N–H and O–H groups in total. The van der Waals surface area contributed by atoms with E-state index in [1.54, 1.807) is 12.1 Å². The second-order valence-electron chi connectivity index (χ2n) is 6.78. The lowest BCUT2D eigenvalue weighted by Gasteiger charge is -2.30. The van der Waals surface area contributed by atoms with Gasteiger partial charge in [-0.25, -0.2) is 0 Å². The number of aliphatic hydroxyl groups is 1. The molecule has 2 rings (SSSR count). The second kappa shape index (κ2) is 11.1. The lowest BCUT2D eigenvalue weighted by Crippen LogP contribution is -2.36. The van der Waals surface area contributed by atoms with E-state index in [1.165, 1.54) is 31.4 Å². The van der Waals surface area contributed by atoms with E-state index in [0.717, 1.165) is 18.7 Å². The van der Waals surface area contributed by atoms with Crippen LogP contribution < -0.4 is 4.90 Å². The number of hydrogen-bond acceptors (Lipinski definition) is 6. The number of nitrogens with zero attached hydrogens (tertiary/aromatic N) is 4. The fraction of sp³-hybridized carbons (Fsp3) is 0.429. The molecule has 0 heterocycles. The van der Waals surface area contributed by atoms with Gasteiger partial charge in [0.1, 0.15) is 0 Å². The molecule has 0 spiro atoms. The molecule has 0 aliphatic rings. The highest BCUT2D eigenvalue weighted by Crippen LogP contribution is 2.25. The molecule has 0 saturated heterocycles. The third kappa shape index (κ3) is 6.42. The fourth-order valence-corrected chi connectivity index (χ4v) is 2.88. The molecule has 0 aromatic heterocycles. The smallest absolute Gasteiger partial charge is 0.269 e. The largest absolute Gasteiger partial charge is 0.394 e. The number of nitro groups is 1. The molecule has 7 nitrogen and oxygen atoms in total. The minimum absolute atomic E-state index is 0.0281. The summed E-state index contributed by atoms with van der Waals surface area (Å²) < 4.78 is 0. The van der Waals surface area contributed by atoms with Crippen LogP contribution in [0.4, 0.5) is 22.7 Å². The number of non-ortho nitro benzene ring substituents is 1. The molecule has 2 aromatic rings. The van der Waals surface area contributed by atoms with Gasteiger partial charge < -0.3 is 10.0 Å². The number of nitro benzene ring substituents is 1. The number of azo groups is 1. The van der Waals surface area contributed by atoms with Crippen molar-refractivity contribution in [3.8, 4) is 0 Å². The summed E-state index contributed by atoms with van der Waals surface area (Å²) in [5, 5.41) is 28.6. The first kappa shape index (κ1) is 21.5. The van der Waals surface area contributed by atoms with E-state index >= 15 is 0 Å². The summed E-state index contributed by atoms with van der Waals surface area (Å²) in [6.07, 6.45) is 4.71. The van der Waals surface area contributed by atoms with E-state index in [2.05, 4.69) is 22.1 Å². The van der Waals surface area contributed by atoms with E-state index in [0.29, 0.717) is 11.4 Å². The summed E-state index contributed by atoms with van der Waals surface area (Å²) in [4.78, 5) is 12.5. The van der Waals surface area contributed by atoms with Crippen molar-refractivity contribution in [2.75, 3.05) is 18.1 Å². The van der Waals surface area contributed by atoms with E-state index in [9.17, 15) is 15.2 Å². The third-order valence-corrected chi connectivity index (χ3v) is 4.57. The Morgan fingerprint density at radius 1 is 1.00 bits per heavy atom. The zero-order valence-electron chi connectivity index (χ0n) is 16.5. The fourth-order valence-electron chi connectivity index (χ4n) is 2.88. The zero-order chi connectivity index (χ0) is 20.4. The average Bonchev–Trinajstić information content (AvgIpc) is 2.72. The molecule has 150 valence electrons. The summed E-state index contributed by atoms with van der Waals surface area (Å²) in [6.45, 7) is 5.22. The molecule has 28 heavy (non-hydrogen) atoms. The Hall–Kier alpha value is -2.80. The number of anilines is 1. The van der Waals surface area contributed by atoms with Gasteiger partial charge in [0.05, 0.1) is 22.9 Å². The van der Waals surface area contributed by atoms with Gasteiger partial charge >= 0.3 is 0 Å². The quantitative estimate of drug-likeness (QED) is 0.230. The van der Waals surface area contributed by atoms with Crippen LogP contribution in [0.15, 0.2) is 58.8 Å².